The van der Waals surface area contributed by atoms with Gasteiger partial charge in [0.2, 0.25) is 0 Å². The summed E-state index contributed by atoms with van der Waals surface area (Å²) in [6.45, 7) is 12.9. The Hall–Kier alpha value is -1.09. The minimum Gasteiger partial charge on any atom is -0.465 e. The lowest BCUT2D eigenvalue weighted by molar-refractivity contribution is -0.149. The molecule has 0 rings (SSSR count). The maximum absolute atomic E-state index is 11.6. The van der Waals surface area contributed by atoms with Gasteiger partial charge < -0.3 is 4.74 Å². The third-order valence-corrected chi connectivity index (χ3v) is 2.11. The molecule has 0 N–H and O–H groups in total. The van der Waals surface area contributed by atoms with Gasteiger partial charge in [-0.3, -0.25) is 9.69 Å². The van der Waals surface area contributed by atoms with Crippen LogP contribution in [0.2, 0.25) is 0 Å². The Morgan fingerprint density at radius 3 is 2.20 bits per heavy atom. The Balaban J connectivity index is 4.47. The molecule has 0 bridgehead atoms. The summed E-state index contributed by atoms with van der Waals surface area (Å²) in [4.78, 5) is 13.6. The van der Waals surface area contributed by atoms with Crippen LogP contribution in [0.3, 0.4) is 0 Å². The molecule has 0 aliphatic rings. The zero-order chi connectivity index (χ0) is 11.7. The molecule has 0 amide bonds. The second-order valence-electron chi connectivity index (χ2n) is 3.21. The molecule has 1 unspecified atom stereocenters. The molecule has 0 aromatic heterocycles. The van der Waals surface area contributed by atoms with E-state index in [-0.39, 0.29) is 12.0 Å². The van der Waals surface area contributed by atoms with Crippen LogP contribution in [0.5, 0.6) is 0 Å². The van der Waals surface area contributed by atoms with Gasteiger partial charge >= 0.3 is 5.97 Å². The molecule has 3 nitrogen and oxygen atoms in total. The molecule has 0 fully saturated rings. The zero-order valence-corrected chi connectivity index (χ0v) is 9.74. The Bertz CT molecular complexity index is 204. The van der Waals surface area contributed by atoms with Gasteiger partial charge in [-0.05, 0) is 13.3 Å². The van der Waals surface area contributed by atoms with Gasteiger partial charge in [0, 0.05) is 13.1 Å². The van der Waals surface area contributed by atoms with Crippen LogP contribution in [0.15, 0.2) is 25.3 Å². The topological polar surface area (TPSA) is 29.5 Å². The molecule has 0 aromatic rings. The summed E-state index contributed by atoms with van der Waals surface area (Å²) < 4.78 is 5.02. The first kappa shape index (κ1) is 13.9. The van der Waals surface area contributed by atoms with Crippen LogP contribution < -0.4 is 0 Å². The molecule has 0 aliphatic carbocycles. The summed E-state index contributed by atoms with van der Waals surface area (Å²) in [5.74, 6) is -0.163. The summed E-state index contributed by atoms with van der Waals surface area (Å²) in [6.07, 6.45) is 4.30. The first-order valence-corrected chi connectivity index (χ1v) is 5.33. The third-order valence-electron chi connectivity index (χ3n) is 2.11. The van der Waals surface area contributed by atoms with E-state index in [4.69, 9.17) is 4.74 Å². The average Bonchev–Trinajstić information content (AvgIpc) is 2.20. The third kappa shape index (κ3) is 4.79. The molecule has 0 heterocycles. The number of ether oxygens (including phenoxy) is 1. The molecule has 1 atom stereocenters. The molecule has 86 valence electrons. The summed E-state index contributed by atoms with van der Waals surface area (Å²) >= 11 is 0. The maximum Gasteiger partial charge on any atom is 0.323 e. The van der Waals surface area contributed by atoms with Crippen molar-refractivity contribution in [2.75, 3.05) is 19.7 Å². The van der Waals surface area contributed by atoms with Crippen molar-refractivity contribution in [1.29, 1.82) is 0 Å². The van der Waals surface area contributed by atoms with E-state index in [0.29, 0.717) is 19.7 Å². The van der Waals surface area contributed by atoms with Crippen LogP contribution in [0.4, 0.5) is 0 Å². The van der Waals surface area contributed by atoms with Gasteiger partial charge in [-0.2, -0.15) is 0 Å². The van der Waals surface area contributed by atoms with Crippen molar-refractivity contribution in [2.24, 2.45) is 0 Å². The molecular formula is C12H21NO2. The van der Waals surface area contributed by atoms with Crippen molar-refractivity contribution in [2.45, 2.75) is 26.3 Å². The number of esters is 1. The van der Waals surface area contributed by atoms with Gasteiger partial charge in [-0.1, -0.05) is 19.1 Å². The van der Waals surface area contributed by atoms with E-state index in [1.165, 1.54) is 0 Å². The molecular weight excluding hydrogens is 190 g/mol. The van der Waals surface area contributed by atoms with E-state index in [1.807, 2.05) is 18.7 Å². The van der Waals surface area contributed by atoms with Gasteiger partial charge in [0.15, 0.2) is 0 Å². The highest BCUT2D eigenvalue weighted by atomic mass is 16.5. The lowest BCUT2D eigenvalue weighted by atomic mass is 10.2. The Kier molecular flexibility index (Phi) is 7.64. The maximum atomic E-state index is 11.6. The fourth-order valence-electron chi connectivity index (χ4n) is 1.47. The largest absolute Gasteiger partial charge is 0.465 e. The molecule has 0 saturated heterocycles. The summed E-state index contributed by atoms with van der Waals surface area (Å²) in [5.41, 5.74) is 0. The van der Waals surface area contributed by atoms with Gasteiger partial charge in [0.05, 0.1) is 6.61 Å². The molecule has 0 radical (unpaired) electrons. The van der Waals surface area contributed by atoms with E-state index < -0.39 is 0 Å². The summed E-state index contributed by atoms with van der Waals surface area (Å²) in [6, 6.07) is -0.194. The average molecular weight is 211 g/mol. The lowest BCUT2D eigenvalue weighted by Gasteiger charge is -2.26. The fraction of sp³-hybridized carbons (Fsp3) is 0.583. The summed E-state index contributed by atoms with van der Waals surface area (Å²) in [7, 11) is 0. The smallest absolute Gasteiger partial charge is 0.323 e. The predicted octanol–water partition coefficient (Wildman–Crippen LogP) is 2.00. The van der Waals surface area contributed by atoms with E-state index >= 15 is 0 Å². The molecule has 0 aromatic carbocycles. The second-order valence-corrected chi connectivity index (χ2v) is 3.21. The highest BCUT2D eigenvalue weighted by molar-refractivity contribution is 5.75. The van der Waals surface area contributed by atoms with Crippen molar-refractivity contribution in [3.8, 4) is 0 Å². The quantitative estimate of drug-likeness (QED) is 0.454. The van der Waals surface area contributed by atoms with Crippen molar-refractivity contribution < 1.29 is 9.53 Å². The number of hydrogen-bond acceptors (Lipinski definition) is 3. The second kappa shape index (κ2) is 8.24. The Morgan fingerprint density at radius 1 is 1.33 bits per heavy atom. The number of nitrogens with zero attached hydrogens (tertiary/aromatic N) is 1. The van der Waals surface area contributed by atoms with Gasteiger partial charge in [-0.15, -0.1) is 13.2 Å². The van der Waals surface area contributed by atoms with E-state index in [0.717, 1.165) is 6.42 Å². The van der Waals surface area contributed by atoms with E-state index in [2.05, 4.69) is 13.2 Å². The first-order chi connectivity index (χ1) is 7.21. The fourth-order valence-corrected chi connectivity index (χ4v) is 1.47. The van der Waals surface area contributed by atoms with Crippen LogP contribution in [0.1, 0.15) is 20.3 Å². The highest BCUT2D eigenvalue weighted by Gasteiger charge is 2.23. The lowest BCUT2D eigenvalue weighted by Crippen LogP contribution is -2.42. The van der Waals surface area contributed by atoms with Gasteiger partial charge in [-0.25, -0.2) is 0 Å². The van der Waals surface area contributed by atoms with Crippen LogP contribution >= 0.6 is 0 Å². The molecule has 15 heavy (non-hydrogen) atoms. The van der Waals surface area contributed by atoms with Crippen LogP contribution in [0, 0.1) is 0 Å². The number of carbonyl (C=O) groups is 1. The SMILES string of the molecule is C=CCN(CC=C)C(CC)C(=O)OCC. The molecule has 0 saturated carbocycles. The molecule has 0 spiro atoms. The minimum absolute atomic E-state index is 0.163. The van der Waals surface area contributed by atoms with Gasteiger partial charge in [0.1, 0.15) is 6.04 Å². The van der Waals surface area contributed by atoms with Crippen LogP contribution in [-0.2, 0) is 9.53 Å². The van der Waals surface area contributed by atoms with Crippen molar-refractivity contribution >= 4 is 5.97 Å². The standard InChI is InChI=1S/C12H21NO2/c1-5-9-13(10-6-2)11(7-3)12(14)15-8-4/h5-6,11H,1-2,7-10H2,3-4H3. The normalized spacial score (nSPS) is 12.2. The Labute approximate surface area is 92.4 Å². The minimum atomic E-state index is -0.194. The predicted molar refractivity (Wildman–Crippen MR) is 62.7 cm³/mol. The Morgan fingerprint density at radius 2 is 1.87 bits per heavy atom. The number of carbonyl (C=O) groups excluding carboxylic acids is 1. The molecule has 0 aliphatic heterocycles. The van der Waals surface area contributed by atoms with Crippen molar-refractivity contribution in [3.05, 3.63) is 25.3 Å². The monoisotopic (exact) mass is 211 g/mol. The van der Waals surface area contributed by atoms with Gasteiger partial charge in [0.25, 0.3) is 0 Å². The van der Waals surface area contributed by atoms with Crippen LogP contribution in [-0.4, -0.2) is 36.6 Å². The van der Waals surface area contributed by atoms with Crippen molar-refractivity contribution in [3.63, 3.8) is 0 Å². The summed E-state index contributed by atoms with van der Waals surface area (Å²) in [5, 5.41) is 0. The number of rotatable bonds is 8. The van der Waals surface area contributed by atoms with Crippen LogP contribution in [0.25, 0.3) is 0 Å². The first-order valence-electron chi connectivity index (χ1n) is 5.33. The van der Waals surface area contributed by atoms with E-state index in [1.54, 1.807) is 12.2 Å². The van der Waals surface area contributed by atoms with Crippen molar-refractivity contribution in [1.82, 2.24) is 4.90 Å². The molecule has 3 heteroatoms. The number of hydrogen-bond donors (Lipinski definition) is 0. The zero-order valence-electron chi connectivity index (χ0n) is 9.74. The van der Waals surface area contributed by atoms with E-state index in [9.17, 15) is 4.79 Å². The highest BCUT2D eigenvalue weighted by Crippen LogP contribution is 2.06.